The lowest BCUT2D eigenvalue weighted by molar-refractivity contribution is -0.140. The zero-order valence-electron chi connectivity index (χ0n) is 11.0. The van der Waals surface area contributed by atoms with Crippen LogP contribution in [0.4, 0.5) is 17.6 Å². The summed E-state index contributed by atoms with van der Waals surface area (Å²) >= 11 is 0. The Morgan fingerprint density at radius 1 is 1.33 bits per heavy atom. The summed E-state index contributed by atoms with van der Waals surface area (Å²) in [5.74, 6) is -2.46. The van der Waals surface area contributed by atoms with Crippen LogP contribution in [0.2, 0.25) is 0 Å². The van der Waals surface area contributed by atoms with Gasteiger partial charge in [0.25, 0.3) is 5.91 Å². The van der Waals surface area contributed by atoms with Crippen molar-refractivity contribution in [1.82, 2.24) is 4.90 Å². The molecule has 1 aromatic rings. The first-order valence-corrected chi connectivity index (χ1v) is 6.42. The molecule has 21 heavy (non-hydrogen) atoms. The van der Waals surface area contributed by atoms with Crippen LogP contribution in [0, 0.1) is 17.1 Å². The van der Waals surface area contributed by atoms with Gasteiger partial charge in [-0.3, -0.25) is 4.79 Å². The lowest BCUT2D eigenvalue weighted by Crippen LogP contribution is -2.43. The smallest absolute Gasteiger partial charge is 0.323 e. The fourth-order valence-electron chi connectivity index (χ4n) is 2.38. The number of amides is 1. The molecule has 0 aromatic heterocycles. The molecule has 0 bridgehead atoms. The number of carbonyl (C=O) groups is 1. The van der Waals surface area contributed by atoms with Gasteiger partial charge in [0.05, 0.1) is 17.2 Å². The highest BCUT2D eigenvalue weighted by atomic mass is 19.4. The Balaban J connectivity index is 2.38. The van der Waals surface area contributed by atoms with Gasteiger partial charge in [0.15, 0.2) is 0 Å². The molecular formula is C14H12F4N2O. The summed E-state index contributed by atoms with van der Waals surface area (Å²) in [4.78, 5) is 13.4. The highest BCUT2D eigenvalue weighted by Crippen LogP contribution is 2.33. The predicted molar refractivity (Wildman–Crippen MR) is 65.7 cm³/mol. The zero-order chi connectivity index (χ0) is 15.6. The first-order valence-electron chi connectivity index (χ1n) is 6.42. The number of benzene rings is 1. The number of rotatable bonds is 1. The van der Waals surface area contributed by atoms with E-state index in [-0.39, 0.29) is 6.54 Å². The molecular weight excluding hydrogens is 288 g/mol. The number of piperidine rings is 1. The minimum Gasteiger partial charge on any atom is -0.323 e. The summed E-state index contributed by atoms with van der Waals surface area (Å²) in [6.07, 6.45) is -3.02. The first-order chi connectivity index (χ1) is 9.86. The van der Waals surface area contributed by atoms with Crippen LogP contribution in [0.15, 0.2) is 18.2 Å². The average Bonchev–Trinajstić information content (AvgIpc) is 2.45. The van der Waals surface area contributed by atoms with Crippen LogP contribution >= 0.6 is 0 Å². The number of halogens is 4. The highest BCUT2D eigenvalue weighted by Gasteiger charge is 2.37. The van der Waals surface area contributed by atoms with Crippen LogP contribution in [0.3, 0.4) is 0 Å². The largest absolute Gasteiger partial charge is 0.419 e. The van der Waals surface area contributed by atoms with Crippen LogP contribution in [-0.2, 0) is 6.18 Å². The average molecular weight is 300 g/mol. The van der Waals surface area contributed by atoms with Crippen molar-refractivity contribution in [3.05, 3.63) is 35.1 Å². The van der Waals surface area contributed by atoms with Crippen LogP contribution in [0.5, 0.6) is 0 Å². The van der Waals surface area contributed by atoms with Crippen molar-refractivity contribution in [2.45, 2.75) is 31.5 Å². The molecule has 1 aromatic carbocycles. The molecule has 7 heteroatoms. The maximum absolute atomic E-state index is 14.0. The number of alkyl halides is 3. The fraction of sp³-hybridized carbons (Fsp3) is 0.429. The third-order valence-corrected chi connectivity index (χ3v) is 3.45. The maximum atomic E-state index is 14.0. The van der Waals surface area contributed by atoms with Gasteiger partial charge in [0.2, 0.25) is 0 Å². The molecule has 112 valence electrons. The van der Waals surface area contributed by atoms with Gasteiger partial charge in [0.1, 0.15) is 11.9 Å². The van der Waals surface area contributed by atoms with E-state index in [1.165, 1.54) is 0 Å². The van der Waals surface area contributed by atoms with E-state index >= 15 is 0 Å². The van der Waals surface area contributed by atoms with Gasteiger partial charge in [0, 0.05) is 6.54 Å². The van der Waals surface area contributed by atoms with Gasteiger partial charge >= 0.3 is 6.18 Å². The Kier molecular flexibility index (Phi) is 4.16. The summed E-state index contributed by atoms with van der Waals surface area (Å²) in [5, 5.41) is 8.99. The number of nitriles is 1. The van der Waals surface area contributed by atoms with Crippen molar-refractivity contribution < 1.29 is 22.4 Å². The van der Waals surface area contributed by atoms with Crippen molar-refractivity contribution in [3.8, 4) is 6.07 Å². The van der Waals surface area contributed by atoms with Gasteiger partial charge < -0.3 is 4.90 Å². The topological polar surface area (TPSA) is 44.1 Å². The zero-order valence-corrected chi connectivity index (χ0v) is 11.0. The molecule has 1 aliphatic rings. The standard InChI is InChI=1S/C14H12F4N2O/c15-12-10(5-3-6-11(12)14(16,17)18)13(21)20-7-2-1-4-9(20)8-19/h3,5-6,9H,1-2,4,7H2. The van der Waals surface area contributed by atoms with Crippen molar-refractivity contribution in [3.63, 3.8) is 0 Å². The van der Waals surface area contributed by atoms with Gasteiger partial charge in [-0.05, 0) is 31.4 Å². The summed E-state index contributed by atoms with van der Waals surface area (Å²) < 4.78 is 51.9. The van der Waals surface area contributed by atoms with Crippen LogP contribution in [0.25, 0.3) is 0 Å². The van der Waals surface area contributed by atoms with Gasteiger partial charge in [-0.15, -0.1) is 0 Å². The summed E-state index contributed by atoms with van der Waals surface area (Å²) in [7, 11) is 0. The van der Waals surface area contributed by atoms with E-state index < -0.39 is 35.1 Å². The maximum Gasteiger partial charge on any atom is 0.419 e. The first kappa shape index (κ1) is 15.3. The molecule has 0 radical (unpaired) electrons. The Morgan fingerprint density at radius 2 is 2.05 bits per heavy atom. The number of hydrogen-bond acceptors (Lipinski definition) is 2. The molecule has 3 nitrogen and oxygen atoms in total. The second-order valence-corrected chi connectivity index (χ2v) is 4.80. The van der Waals surface area contributed by atoms with E-state index in [9.17, 15) is 22.4 Å². The molecule has 1 saturated heterocycles. The number of hydrogen-bond donors (Lipinski definition) is 0. The van der Waals surface area contributed by atoms with Crippen molar-refractivity contribution in [1.29, 1.82) is 5.26 Å². The summed E-state index contributed by atoms with van der Waals surface area (Å²) in [6.45, 7) is 0.243. The molecule has 0 aliphatic carbocycles. The molecule has 1 heterocycles. The molecule has 0 N–H and O–H groups in total. The van der Waals surface area contributed by atoms with Crippen LogP contribution < -0.4 is 0 Å². The number of nitrogens with zero attached hydrogens (tertiary/aromatic N) is 2. The summed E-state index contributed by atoms with van der Waals surface area (Å²) in [5.41, 5.74) is -2.12. The Morgan fingerprint density at radius 3 is 2.67 bits per heavy atom. The molecule has 1 fully saturated rings. The molecule has 0 saturated carbocycles. The van der Waals surface area contributed by atoms with E-state index in [0.717, 1.165) is 23.5 Å². The highest BCUT2D eigenvalue weighted by molar-refractivity contribution is 5.95. The van der Waals surface area contributed by atoms with E-state index in [1.54, 1.807) is 0 Å². The second kappa shape index (κ2) is 5.72. The van der Waals surface area contributed by atoms with E-state index in [2.05, 4.69) is 0 Å². The third-order valence-electron chi connectivity index (χ3n) is 3.45. The minimum absolute atomic E-state index is 0.243. The van der Waals surface area contributed by atoms with Gasteiger partial charge in [-0.25, -0.2) is 4.39 Å². The molecule has 1 unspecified atom stereocenters. The monoisotopic (exact) mass is 300 g/mol. The number of likely N-dealkylation sites (tertiary alicyclic amines) is 1. The van der Waals surface area contributed by atoms with Crippen LogP contribution in [0.1, 0.15) is 35.2 Å². The quantitative estimate of drug-likeness (QED) is 0.746. The molecule has 2 rings (SSSR count). The van der Waals surface area contributed by atoms with Crippen LogP contribution in [-0.4, -0.2) is 23.4 Å². The molecule has 1 aliphatic heterocycles. The lowest BCUT2D eigenvalue weighted by Gasteiger charge is -2.31. The van der Waals surface area contributed by atoms with Crippen molar-refractivity contribution in [2.24, 2.45) is 0 Å². The Hall–Kier alpha value is -2.10. The SMILES string of the molecule is N#CC1CCCCN1C(=O)c1cccc(C(F)(F)F)c1F. The van der Waals surface area contributed by atoms with E-state index in [1.807, 2.05) is 6.07 Å². The molecule has 0 spiro atoms. The van der Waals surface area contributed by atoms with Crippen molar-refractivity contribution >= 4 is 5.91 Å². The van der Waals surface area contributed by atoms with E-state index in [4.69, 9.17) is 5.26 Å². The lowest BCUT2D eigenvalue weighted by atomic mass is 10.0. The van der Waals surface area contributed by atoms with Gasteiger partial charge in [-0.2, -0.15) is 18.4 Å². The third kappa shape index (κ3) is 2.99. The number of carbonyl (C=O) groups excluding carboxylic acids is 1. The molecule has 1 atom stereocenters. The second-order valence-electron chi connectivity index (χ2n) is 4.80. The minimum atomic E-state index is -4.86. The summed E-state index contributed by atoms with van der Waals surface area (Å²) in [6, 6.07) is 3.80. The fourth-order valence-corrected chi connectivity index (χ4v) is 2.38. The normalized spacial score (nSPS) is 19.2. The van der Waals surface area contributed by atoms with Crippen molar-refractivity contribution in [2.75, 3.05) is 6.54 Å². The molecule has 1 amide bonds. The Labute approximate surface area is 118 Å². The van der Waals surface area contributed by atoms with E-state index in [0.29, 0.717) is 18.9 Å². The predicted octanol–water partition coefficient (Wildman–Crippen LogP) is 3.36. The van der Waals surface area contributed by atoms with Gasteiger partial charge in [-0.1, -0.05) is 6.07 Å². The Bertz CT molecular complexity index is 592.